The molecule has 1 amide bonds. The first-order chi connectivity index (χ1) is 17.9. The molecule has 1 aliphatic heterocycles. The van der Waals surface area contributed by atoms with Gasteiger partial charge >= 0.3 is 0 Å². The van der Waals surface area contributed by atoms with Gasteiger partial charge in [0.1, 0.15) is 11.8 Å². The Bertz CT molecular complexity index is 1420. The van der Waals surface area contributed by atoms with Crippen molar-refractivity contribution < 1.29 is 9.21 Å². The summed E-state index contributed by atoms with van der Waals surface area (Å²) in [6.07, 6.45) is 2.21. The third-order valence-corrected chi connectivity index (χ3v) is 7.56. The number of hydrogen-bond acceptors (Lipinski definition) is 5. The van der Waals surface area contributed by atoms with Crippen molar-refractivity contribution in [2.75, 3.05) is 10.2 Å². The van der Waals surface area contributed by atoms with E-state index < -0.39 is 0 Å². The fraction of sp³-hybridized carbons (Fsp3) is 0.207. The summed E-state index contributed by atoms with van der Waals surface area (Å²) in [5.41, 5.74) is 4.76. The van der Waals surface area contributed by atoms with Crippen molar-refractivity contribution in [1.82, 2.24) is 10.3 Å². The number of aromatic nitrogens is 1. The first-order valence-electron chi connectivity index (χ1n) is 12.2. The highest BCUT2D eigenvalue weighted by Crippen LogP contribution is 2.44. The van der Waals surface area contributed by atoms with Crippen LogP contribution in [0.1, 0.15) is 48.0 Å². The van der Waals surface area contributed by atoms with E-state index in [4.69, 9.17) is 16.6 Å². The summed E-state index contributed by atoms with van der Waals surface area (Å²) < 4.78 is 6.41. The number of aryl methyl sites for hydroxylation is 2. The van der Waals surface area contributed by atoms with Crippen molar-refractivity contribution in [2.45, 2.75) is 49.3 Å². The molecule has 6 nitrogen and oxygen atoms in total. The van der Waals surface area contributed by atoms with E-state index in [1.807, 2.05) is 62.4 Å². The quantitative estimate of drug-likeness (QED) is 0.251. The topological polar surface area (TPSA) is 70.4 Å². The van der Waals surface area contributed by atoms with Crippen molar-refractivity contribution in [3.05, 3.63) is 102 Å². The number of carbonyl (C=O) groups is 1. The van der Waals surface area contributed by atoms with Crippen LogP contribution < -0.4 is 15.5 Å². The average molecular weight is 529 g/mol. The van der Waals surface area contributed by atoms with Crippen molar-refractivity contribution in [2.24, 2.45) is 0 Å². The van der Waals surface area contributed by atoms with Crippen LogP contribution in [0.4, 0.5) is 11.4 Å². The predicted octanol–water partition coefficient (Wildman–Crippen LogP) is 6.97. The minimum Gasteiger partial charge on any atom is -0.452 e. The lowest BCUT2D eigenvalue weighted by Crippen LogP contribution is -2.29. The molecule has 1 fully saturated rings. The summed E-state index contributed by atoms with van der Waals surface area (Å²) in [4.78, 5) is 19.7. The number of anilines is 2. The maximum absolute atomic E-state index is 11.9. The van der Waals surface area contributed by atoms with Gasteiger partial charge < -0.3 is 20.0 Å². The van der Waals surface area contributed by atoms with Crippen LogP contribution in [-0.2, 0) is 4.79 Å². The summed E-state index contributed by atoms with van der Waals surface area (Å²) in [5.74, 6) is 0.773. The van der Waals surface area contributed by atoms with Crippen LogP contribution in [-0.4, -0.2) is 16.0 Å². The normalized spacial score (nSPS) is 17.1. The number of amides is 1. The largest absolute Gasteiger partial charge is 0.452 e. The third-order valence-electron chi connectivity index (χ3n) is 6.31. The molecular formula is C29H28N4O2S2. The number of thiocarbonyl (C=S) groups is 1. The number of furan rings is 1. The van der Waals surface area contributed by atoms with Gasteiger partial charge in [-0.15, -0.1) is 0 Å². The Balaban J connectivity index is 1.50. The summed E-state index contributed by atoms with van der Waals surface area (Å²) in [5, 5.41) is 7.83. The SMILES string of the molecule is CCC(=O)Nc1ccc(N2C(=S)N[C@H](c3ccccn3)[C@@H]2c2ccc(Sc3ccc(C)cc3)o2)cc1C. The highest BCUT2D eigenvalue weighted by molar-refractivity contribution is 7.99. The molecule has 1 aliphatic rings. The maximum atomic E-state index is 11.9. The fourth-order valence-electron chi connectivity index (χ4n) is 4.37. The summed E-state index contributed by atoms with van der Waals surface area (Å²) >= 11 is 7.42. The second-order valence-electron chi connectivity index (χ2n) is 8.97. The van der Waals surface area contributed by atoms with Gasteiger partial charge in [-0.05, 0) is 86.2 Å². The highest BCUT2D eigenvalue weighted by atomic mass is 32.2. The van der Waals surface area contributed by atoms with Gasteiger partial charge in [0.25, 0.3) is 0 Å². The number of benzene rings is 2. The molecular weight excluding hydrogens is 500 g/mol. The molecule has 2 aromatic carbocycles. The molecule has 0 saturated carbocycles. The van der Waals surface area contributed by atoms with Gasteiger partial charge in [-0.3, -0.25) is 9.78 Å². The molecule has 0 aliphatic carbocycles. The first kappa shape index (κ1) is 25.0. The van der Waals surface area contributed by atoms with Crippen LogP contribution in [0.25, 0.3) is 0 Å². The standard InChI is InChI=1S/C29H28N4O2S2/c1-4-25(34)31-22-13-10-20(17-19(22)3)33-28(27(32-29(33)36)23-7-5-6-16-30-23)24-14-15-26(35-24)37-21-11-8-18(2)9-12-21/h5-17,27-28H,4H2,1-3H3,(H,31,34)(H,32,36)/t27-,28+/m1/s1. The fourth-order valence-corrected chi connectivity index (χ4v) is 5.49. The van der Waals surface area contributed by atoms with E-state index in [9.17, 15) is 4.79 Å². The number of carbonyl (C=O) groups excluding carboxylic acids is 1. The Labute approximate surface area is 226 Å². The lowest BCUT2D eigenvalue weighted by Gasteiger charge is -2.26. The van der Waals surface area contributed by atoms with Crippen LogP contribution in [0, 0.1) is 13.8 Å². The smallest absolute Gasteiger partial charge is 0.224 e. The molecule has 2 N–H and O–H groups in total. The van der Waals surface area contributed by atoms with Crippen LogP contribution in [0.5, 0.6) is 0 Å². The van der Waals surface area contributed by atoms with E-state index in [0.29, 0.717) is 11.5 Å². The van der Waals surface area contributed by atoms with Gasteiger partial charge in [-0.25, -0.2) is 0 Å². The highest BCUT2D eigenvalue weighted by Gasteiger charge is 2.42. The molecule has 4 aromatic rings. The third kappa shape index (κ3) is 5.40. The second kappa shape index (κ2) is 10.8. The summed E-state index contributed by atoms with van der Waals surface area (Å²) in [6, 6.07) is 23.8. The maximum Gasteiger partial charge on any atom is 0.224 e. The Hall–Kier alpha value is -3.62. The lowest BCUT2D eigenvalue weighted by molar-refractivity contribution is -0.115. The number of nitrogens with one attached hydrogen (secondary N) is 2. The van der Waals surface area contributed by atoms with Crippen molar-refractivity contribution in [3.63, 3.8) is 0 Å². The monoisotopic (exact) mass is 528 g/mol. The Morgan fingerprint density at radius 3 is 2.62 bits per heavy atom. The van der Waals surface area contributed by atoms with Gasteiger partial charge in [0.15, 0.2) is 10.2 Å². The summed E-state index contributed by atoms with van der Waals surface area (Å²) in [7, 11) is 0. The van der Waals surface area contributed by atoms with Gasteiger partial charge in [0, 0.05) is 28.9 Å². The Morgan fingerprint density at radius 1 is 1.11 bits per heavy atom. The number of hydrogen-bond donors (Lipinski definition) is 2. The molecule has 37 heavy (non-hydrogen) atoms. The van der Waals surface area contributed by atoms with Crippen LogP contribution >= 0.6 is 24.0 Å². The van der Waals surface area contributed by atoms with E-state index in [1.165, 1.54) is 5.56 Å². The van der Waals surface area contributed by atoms with E-state index in [-0.39, 0.29) is 18.0 Å². The van der Waals surface area contributed by atoms with E-state index in [2.05, 4.69) is 51.7 Å². The molecule has 0 unspecified atom stereocenters. The molecule has 0 bridgehead atoms. The average Bonchev–Trinajstić information content (AvgIpc) is 3.51. The lowest BCUT2D eigenvalue weighted by atomic mass is 10.0. The van der Waals surface area contributed by atoms with E-state index in [0.717, 1.165) is 38.4 Å². The zero-order valence-electron chi connectivity index (χ0n) is 20.9. The molecule has 1 saturated heterocycles. The van der Waals surface area contributed by atoms with Crippen molar-refractivity contribution in [1.29, 1.82) is 0 Å². The zero-order chi connectivity index (χ0) is 25.9. The molecule has 8 heteroatoms. The van der Waals surface area contributed by atoms with Crippen LogP contribution in [0.2, 0.25) is 0 Å². The van der Waals surface area contributed by atoms with Crippen LogP contribution in [0.3, 0.4) is 0 Å². The first-order valence-corrected chi connectivity index (χ1v) is 13.4. The van der Waals surface area contributed by atoms with Gasteiger partial charge in [-0.1, -0.05) is 42.4 Å². The zero-order valence-corrected chi connectivity index (χ0v) is 22.5. The molecule has 188 valence electrons. The second-order valence-corrected chi connectivity index (χ2v) is 10.4. The minimum absolute atomic E-state index is 0.0171. The molecule has 2 aromatic heterocycles. The van der Waals surface area contributed by atoms with Crippen LogP contribution in [0.15, 0.2) is 93.4 Å². The van der Waals surface area contributed by atoms with Crippen molar-refractivity contribution in [3.8, 4) is 0 Å². The minimum atomic E-state index is -0.245. The number of rotatable bonds is 7. The Kier molecular flexibility index (Phi) is 7.30. The molecule has 0 spiro atoms. The van der Waals surface area contributed by atoms with E-state index >= 15 is 0 Å². The molecule has 5 rings (SSSR count). The molecule has 0 radical (unpaired) electrons. The van der Waals surface area contributed by atoms with E-state index in [1.54, 1.807) is 18.0 Å². The molecule has 3 heterocycles. The number of pyridine rings is 1. The summed E-state index contributed by atoms with van der Waals surface area (Å²) in [6.45, 7) is 5.90. The van der Waals surface area contributed by atoms with Gasteiger partial charge in [0.2, 0.25) is 5.91 Å². The van der Waals surface area contributed by atoms with Gasteiger partial charge in [0.05, 0.1) is 11.7 Å². The predicted molar refractivity (Wildman–Crippen MR) is 152 cm³/mol. The molecule has 2 atom stereocenters. The Morgan fingerprint density at radius 2 is 1.92 bits per heavy atom. The van der Waals surface area contributed by atoms with Crippen molar-refractivity contribution >= 4 is 46.4 Å². The van der Waals surface area contributed by atoms with Gasteiger partial charge in [-0.2, -0.15) is 0 Å². The number of nitrogens with zero attached hydrogens (tertiary/aromatic N) is 2.